The molecule has 0 fully saturated rings. The molecule has 1 N–H and O–H groups in total. The zero-order valence-electron chi connectivity index (χ0n) is 13.6. The first-order valence-electron chi connectivity index (χ1n) is 8.19. The molecule has 2 aromatic rings. The van der Waals surface area contributed by atoms with E-state index in [-0.39, 0.29) is 11.7 Å². The van der Waals surface area contributed by atoms with E-state index in [9.17, 15) is 8.42 Å². The minimum absolute atomic E-state index is 0.200. The lowest BCUT2D eigenvalue weighted by molar-refractivity contribution is 0.572. The van der Waals surface area contributed by atoms with Crippen LogP contribution in [0.5, 0.6) is 0 Å². The number of rotatable bonds is 9. The molecule has 0 aliphatic carbocycles. The second-order valence-corrected chi connectivity index (χ2v) is 7.66. The van der Waals surface area contributed by atoms with Gasteiger partial charge in [0, 0.05) is 12.5 Å². The molecular formula is C19H25NO2S. The van der Waals surface area contributed by atoms with Gasteiger partial charge in [0.2, 0.25) is 10.0 Å². The lowest BCUT2D eigenvalue weighted by Crippen LogP contribution is -2.28. The SMILES string of the molecule is CCCCS(=O)(=O)NCCC(c1ccccc1)c1ccccc1. The van der Waals surface area contributed by atoms with Gasteiger partial charge in [-0.15, -0.1) is 0 Å². The molecule has 2 aromatic carbocycles. The number of hydrogen-bond donors (Lipinski definition) is 1. The zero-order valence-corrected chi connectivity index (χ0v) is 14.4. The molecule has 0 amide bonds. The van der Waals surface area contributed by atoms with Crippen LogP contribution in [0.2, 0.25) is 0 Å². The Balaban J connectivity index is 2.05. The van der Waals surface area contributed by atoms with Crippen molar-refractivity contribution in [3.05, 3.63) is 71.8 Å². The fourth-order valence-electron chi connectivity index (χ4n) is 2.66. The number of nitrogens with one attached hydrogen (secondary N) is 1. The van der Waals surface area contributed by atoms with Gasteiger partial charge < -0.3 is 0 Å². The molecule has 0 saturated carbocycles. The molecule has 4 heteroatoms. The van der Waals surface area contributed by atoms with Gasteiger partial charge in [0.05, 0.1) is 5.75 Å². The standard InChI is InChI=1S/C19H25NO2S/c1-2-3-16-23(21,22)20-15-14-19(17-10-6-4-7-11-17)18-12-8-5-9-13-18/h4-13,19-20H,2-3,14-16H2,1H3. The highest BCUT2D eigenvalue weighted by atomic mass is 32.2. The van der Waals surface area contributed by atoms with Crippen molar-refractivity contribution in [1.82, 2.24) is 4.72 Å². The number of unbranched alkanes of at least 4 members (excludes halogenated alkanes) is 1. The van der Waals surface area contributed by atoms with E-state index >= 15 is 0 Å². The van der Waals surface area contributed by atoms with Gasteiger partial charge in [0.25, 0.3) is 0 Å². The molecule has 0 aromatic heterocycles. The lowest BCUT2D eigenvalue weighted by atomic mass is 9.89. The maximum atomic E-state index is 11.9. The van der Waals surface area contributed by atoms with Gasteiger partial charge in [0.15, 0.2) is 0 Å². The molecule has 124 valence electrons. The van der Waals surface area contributed by atoms with E-state index in [1.54, 1.807) is 0 Å². The molecule has 0 heterocycles. The third-order valence-corrected chi connectivity index (χ3v) is 5.40. The Morgan fingerprint density at radius 3 is 1.91 bits per heavy atom. The van der Waals surface area contributed by atoms with Crippen LogP contribution in [-0.4, -0.2) is 20.7 Å². The summed E-state index contributed by atoms with van der Waals surface area (Å²) < 4.78 is 26.6. The molecule has 0 aliphatic heterocycles. The largest absolute Gasteiger partial charge is 0.215 e. The summed E-state index contributed by atoms with van der Waals surface area (Å²) in [4.78, 5) is 0. The molecule has 0 atom stereocenters. The second kappa shape index (κ2) is 8.85. The summed E-state index contributed by atoms with van der Waals surface area (Å²) in [6.45, 7) is 2.46. The summed E-state index contributed by atoms with van der Waals surface area (Å²) in [5.41, 5.74) is 2.43. The number of hydrogen-bond acceptors (Lipinski definition) is 2. The smallest absolute Gasteiger partial charge is 0.211 e. The van der Waals surface area contributed by atoms with Gasteiger partial charge in [-0.2, -0.15) is 0 Å². The molecule has 0 radical (unpaired) electrons. The Labute approximate surface area is 139 Å². The summed E-state index contributed by atoms with van der Waals surface area (Å²) in [7, 11) is -3.15. The monoisotopic (exact) mass is 331 g/mol. The molecule has 3 nitrogen and oxygen atoms in total. The van der Waals surface area contributed by atoms with E-state index in [1.165, 1.54) is 11.1 Å². The normalized spacial score (nSPS) is 11.7. The van der Waals surface area contributed by atoms with Gasteiger partial charge in [-0.3, -0.25) is 0 Å². The van der Waals surface area contributed by atoms with Crippen molar-refractivity contribution >= 4 is 10.0 Å². The van der Waals surface area contributed by atoms with Gasteiger partial charge in [0.1, 0.15) is 0 Å². The maximum absolute atomic E-state index is 11.9. The molecule has 0 unspecified atom stereocenters. The van der Waals surface area contributed by atoms with Gasteiger partial charge in [-0.1, -0.05) is 74.0 Å². The number of sulfonamides is 1. The minimum atomic E-state index is -3.15. The summed E-state index contributed by atoms with van der Waals surface area (Å²) in [5.74, 6) is 0.413. The molecule has 0 aliphatic rings. The van der Waals surface area contributed by atoms with Gasteiger partial charge in [-0.25, -0.2) is 13.1 Å². The highest BCUT2D eigenvalue weighted by Gasteiger charge is 2.15. The quantitative estimate of drug-likeness (QED) is 0.757. The van der Waals surface area contributed by atoms with E-state index < -0.39 is 10.0 Å². The molecule has 2 rings (SSSR count). The predicted molar refractivity (Wildman–Crippen MR) is 96.0 cm³/mol. The topological polar surface area (TPSA) is 46.2 Å². The third-order valence-electron chi connectivity index (χ3n) is 3.93. The van der Waals surface area contributed by atoms with Crippen LogP contribution >= 0.6 is 0 Å². The van der Waals surface area contributed by atoms with E-state index in [0.29, 0.717) is 13.0 Å². The molecule has 23 heavy (non-hydrogen) atoms. The lowest BCUT2D eigenvalue weighted by Gasteiger charge is -2.18. The Morgan fingerprint density at radius 2 is 1.43 bits per heavy atom. The molecule has 0 spiro atoms. The predicted octanol–water partition coefficient (Wildman–Crippen LogP) is 3.93. The first kappa shape index (κ1) is 17.7. The van der Waals surface area contributed by atoms with Crippen LogP contribution in [0.3, 0.4) is 0 Å². The summed E-state index contributed by atoms with van der Waals surface area (Å²) in [5, 5.41) is 0. The van der Waals surface area contributed by atoms with Crippen LogP contribution < -0.4 is 4.72 Å². The van der Waals surface area contributed by atoms with Crippen LogP contribution in [0.4, 0.5) is 0 Å². The minimum Gasteiger partial charge on any atom is -0.215 e. The van der Waals surface area contributed by atoms with Crippen LogP contribution in [0.15, 0.2) is 60.7 Å². The van der Waals surface area contributed by atoms with E-state index in [1.807, 2.05) is 43.3 Å². The van der Waals surface area contributed by atoms with Crippen molar-refractivity contribution in [2.24, 2.45) is 0 Å². The Bertz CT molecular complexity index is 630. The first-order valence-corrected chi connectivity index (χ1v) is 9.85. The fraction of sp³-hybridized carbons (Fsp3) is 0.368. The van der Waals surface area contributed by atoms with Crippen LogP contribution in [0, 0.1) is 0 Å². The summed E-state index contributed by atoms with van der Waals surface area (Å²) >= 11 is 0. The first-order chi connectivity index (χ1) is 11.1. The maximum Gasteiger partial charge on any atom is 0.211 e. The average molecular weight is 331 g/mol. The third kappa shape index (κ3) is 5.81. The Kier molecular flexibility index (Phi) is 6.81. The highest BCUT2D eigenvalue weighted by Crippen LogP contribution is 2.27. The molecule has 0 saturated heterocycles. The molecular weight excluding hydrogens is 306 g/mol. The van der Waals surface area contributed by atoms with Crippen molar-refractivity contribution in [3.8, 4) is 0 Å². The second-order valence-electron chi connectivity index (χ2n) is 5.73. The highest BCUT2D eigenvalue weighted by molar-refractivity contribution is 7.89. The van der Waals surface area contributed by atoms with Crippen molar-refractivity contribution < 1.29 is 8.42 Å². The van der Waals surface area contributed by atoms with Gasteiger partial charge in [-0.05, 0) is 24.0 Å². The van der Waals surface area contributed by atoms with E-state index in [2.05, 4.69) is 29.0 Å². The van der Waals surface area contributed by atoms with Crippen molar-refractivity contribution in [2.75, 3.05) is 12.3 Å². The summed E-state index contributed by atoms with van der Waals surface area (Å²) in [6.07, 6.45) is 2.34. The van der Waals surface area contributed by atoms with Gasteiger partial charge >= 0.3 is 0 Å². The fourth-order valence-corrected chi connectivity index (χ4v) is 3.90. The van der Waals surface area contributed by atoms with Crippen LogP contribution in [0.1, 0.15) is 43.2 Å². The van der Waals surface area contributed by atoms with Crippen molar-refractivity contribution in [2.45, 2.75) is 32.1 Å². The Morgan fingerprint density at radius 1 is 0.913 bits per heavy atom. The van der Waals surface area contributed by atoms with Crippen molar-refractivity contribution in [1.29, 1.82) is 0 Å². The van der Waals surface area contributed by atoms with Crippen molar-refractivity contribution in [3.63, 3.8) is 0 Å². The van der Waals surface area contributed by atoms with E-state index in [4.69, 9.17) is 0 Å². The summed E-state index contributed by atoms with van der Waals surface area (Å²) in [6, 6.07) is 20.5. The van der Waals surface area contributed by atoms with Crippen LogP contribution in [0.25, 0.3) is 0 Å². The number of benzene rings is 2. The molecule has 0 bridgehead atoms. The Hall–Kier alpha value is -1.65. The van der Waals surface area contributed by atoms with E-state index in [0.717, 1.165) is 12.8 Å². The average Bonchev–Trinajstić information content (AvgIpc) is 2.58. The van der Waals surface area contributed by atoms with Crippen LogP contribution in [-0.2, 0) is 10.0 Å². The zero-order chi connectivity index (χ0) is 16.5.